The van der Waals surface area contributed by atoms with E-state index < -0.39 is 0 Å². The van der Waals surface area contributed by atoms with Gasteiger partial charge in [-0.25, -0.2) is 0 Å². The summed E-state index contributed by atoms with van der Waals surface area (Å²) in [7, 11) is 0. The molecule has 0 N–H and O–H groups in total. The van der Waals surface area contributed by atoms with Crippen LogP contribution >= 0.6 is 11.8 Å². The van der Waals surface area contributed by atoms with E-state index in [4.69, 9.17) is 9.15 Å². The zero-order valence-electron chi connectivity index (χ0n) is 11.8. The minimum Gasteiger partial charge on any atom is -0.464 e. The molecule has 5 nitrogen and oxygen atoms in total. The molecule has 0 spiro atoms. The van der Waals surface area contributed by atoms with Crippen LogP contribution < -0.4 is 0 Å². The zero-order chi connectivity index (χ0) is 14.5. The van der Waals surface area contributed by atoms with Crippen molar-refractivity contribution in [2.45, 2.75) is 32.1 Å². The quantitative estimate of drug-likeness (QED) is 0.596. The maximum Gasteiger partial charge on any atom is 0.325 e. The van der Waals surface area contributed by atoms with Crippen LogP contribution in [0, 0.1) is 6.92 Å². The fourth-order valence-corrected chi connectivity index (χ4v) is 3.09. The number of hydrogen-bond acceptors (Lipinski definition) is 5. The van der Waals surface area contributed by atoms with Gasteiger partial charge in [-0.3, -0.25) is 9.59 Å². The number of rotatable bonds is 6. The van der Waals surface area contributed by atoms with Gasteiger partial charge in [0.2, 0.25) is 5.91 Å². The van der Waals surface area contributed by atoms with Gasteiger partial charge in [0, 0.05) is 0 Å². The molecule has 6 heteroatoms. The predicted molar refractivity (Wildman–Crippen MR) is 76.2 cm³/mol. The van der Waals surface area contributed by atoms with Crippen LogP contribution in [0.5, 0.6) is 0 Å². The van der Waals surface area contributed by atoms with Crippen molar-refractivity contribution in [1.82, 2.24) is 4.90 Å². The molecule has 1 aromatic heterocycles. The standard InChI is InChI=1S/C14H19NO4S/c1-3-4-7-18-13(17)8-15-12(16)9-20-14(15)11-6-5-10(2)19-11/h5-6,14H,3-4,7-9H2,1-2H3. The van der Waals surface area contributed by atoms with Crippen LogP contribution in [0.4, 0.5) is 0 Å². The summed E-state index contributed by atoms with van der Waals surface area (Å²) in [5.41, 5.74) is 0. The number of thioether (sulfide) groups is 1. The van der Waals surface area contributed by atoms with E-state index in [9.17, 15) is 9.59 Å². The summed E-state index contributed by atoms with van der Waals surface area (Å²) in [5.74, 6) is 1.46. The Morgan fingerprint density at radius 1 is 1.55 bits per heavy atom. The minimum atomic E-state index is -0.359. The molecule has 1 amide bonds. The summed E-state index contributed by atoms with van der Waals surface area (Å²) in [4.78, 5) is 25.2. The first kappa shape index (κ1) is 15.0. The summed E-state index contributed by atoms with van der Waals surface area (Å²) in [6.07, 6.45) is 1.81. The Morgan fingerprint density at radius 3 is 3.00 bits per heavy atom. The van der Waals surface area contributed by atoms with Crippen LogP contribution in [0.2, 0.25) is 0 Å². The number of carbonyl (C=O) groups is 2. The van der Waals surface area contributed by atoms with Gasteiger partial charge in [-0.05, 0) is 25.5 Å². The van der Waals surface area contributed by atoms with E-state index in [1.807, 2.05) is 26.0 Å². The Bertz CT molecular complexity index is 485. The van der Waals surface area contributed by atoms with E-state index in [-0.39, 0.29) is 23.8 Å². The lowest BCUT2D eigenvalue weighted by Crippen LogP contribution is -2.34. The number of esters is 1. The van der Waals surface area contributed by atoms with E-state index in [0.717, 1.165) is 18.6 Å². The SMILES string of the molecule is CCCCOC(=O)CN1C(=O)CSC1c1ccc(C)o1. The Kier molecular flexibility index (Phi) is 5.11. The summed E-state index contributed by atoms with van der Waals surface area (Å²) in [6, 6.07) is 3.71. The van der Waals surface area contributed by atoms with Crippen molar-refractivity contribution in [1.29, 1.82) is 0 Å². The molecule has 1 aliphatic heterocycles. The molecular weight excluding hydrogens is 278 g/mol. The number of furan rings is 1. The van der Waals surface area contributed by atoms with E-state index in [0.29, 0.717) is 18.1 Å². The molecule has 0 saturated carbocycles. The number of carbonyl (C=O) groups excluding carboxylic acids is 2. The van der Waals surface area contributed by atoms with Gasteiger partial charge in [0.1, 0.15) is 23.4 Å². The third-order valence-electron chi connectivity index (χ3n) is 3.03. The highest BCUT2D eigenvalue weighted by molar-refractivity contribution is 8.00. The average Bonchev–Trinajstić information content (AvgIpc) is 2.98. The van der Waals surface area contributed by atoms with Crippen LogP contribution in [0.15, 0.2) is 16.5 Å². The lowest BCUT2D eigenvalue weighted by Gasteiger charge is -2.21. The molecule has 2 rings (SSSR count). The first-order valence-electron chi connectivity index (χ1n) is 6.75. The van der Waals surface area contributed by atoms with Gasteiger partial charge >= 0.3 is 5.97 Å². The second kappa shape index (κ2) is 6.83. The number of aryl methyl sites for hydroxylation is 1. The molecule has 1 aromatic rings. The molecule has 1 fully saturated rings. The number of hydrogen-bond donors (Lipinski definition) is 0. The first-order chi connectivity index (χ1) is 9.61. The third kappa shape index (κ3) is 3.56. The van der Waals surface area contributed by atoms with Gasteiger partial charge < -0.3 is 14.1 Å². The van der Waals surface area contributed by atoms with Gasteiger partial charge in [-0.1, -0.05) is 13.3 Å². The molecule has 1 saturated heterocycles. The lowest BCUT2D eigenvalue weighted by molar-refractivity contribution is -0.148. The monoisotopic (exact) mass is 297 g/mol. The summed E-state index contributed by atoms with van der Waals surface area (Å²) < 4.78 is 10.7. The Labute approximate surface area is 122 Å². The van der Waals surface area contributed by atoms with Gasteiger partial charge in [0.05, 0.1) is 12.4 Å². The normalized spacial score (nSPS) is 18.6. The van der Waals surface area contributed by atoms with Crippen molar-refractivity contribution in [2.75, 3.05) is 18.9 Å². The van der Waals surface area contributed by atoms with Gasteiger partial charge in [-0.15, -0.1) is 11.8 Å². The second-order valence-corrected chi connectivity index (χ2v) is 5.78. The summed E-state index contributed by atoms with van der Waals surface area (Å²) >= 11 is 1.47. The number of unbranched alkanes of at least 4 members (excludes halogenated alkanes) is 1. The van der Waals surface area contributed by atoms with Crippen LogP contribution in [-0.4, -0.2) is 35.7 Å². The number of amides is 1. The summed E-state index contributed by atoms with van der Waals surface area (Å²) in [5, 5.41) is -0.227. The molecule has 0 aromatic carbocycles. The highest BCUT2D eigenvalue weighted by Crippen LogP contribution is 2.39. The smallest absolute Gasteiger partial charge is 0.325 e. The second-order valence-electron chi connectivity index (χ2n) is 4.71. The molecule has 20 heavy (non-hydrogen) atoms. The third-order valence-corrected chi connectivity index (χ3v) is 4.25. The highest BCUT2D eigenvalue weighted by Gasteiger charge is 2.36. The minimum absolute atomic E-state index is 0.0139. The van der Waals surface area contributed by atoms with Crippen LogP contribution in [-0.2, 0) is 14.3 Å². The fraction of sp³-hybridized carbons (Fsp3) is 0.571. The van der Waals surface area contributed by atoms with Crippen molar-refractivity contribution in [3.05, 3.63) is 23.7 Å². The van der Waals surface area contributed by atoms with Gasteiger partial charge in [0.25, 0.3) is 0 Å². The van der Waals surface area contributed by atoms with Crippen molar-refractivity contribution in [3.8, 4) is 0 Å². The largest absolute Gasteiger partial charge is 0.464 e. The molecule has 1 unspecified atom stereocenters. The topological polar surface area (TPSA) is 59.8 Å². The highest BCUT2D eigenvalue weighted by atomic mass is 32.2. The summed E-state index contributed by atoms with van der Waals surface area (Å²) in [6.45, 7) is 4.28. The molecule has 1 atom stereocenters. The van der Waals surface area contributed by atoms with Crippen molar-refractivity contribution in [2.24, 2.45) is 0 Å². The first-order valence-corrected chi connectivity index (χ1v) is 7.79. The van der Waals surface area contributed by atoms with Crippen molar-refractivity contribution >= 4 is 23.6 Å². The lowest BCUT2D eigenvalue weighted by atomic mass is 10.3. The van der Waals surface area contributed by atoms with Crippen molar-refractivity contribution in [3.63, 3.8) is 0 Å². The van der Waals surface area contributed by atoms with E-state index >= 15 is 0 Å². The van der Waals surface area contributed by atoms with Gasteiger partial charge in [0.15, 0.2) is 0 Å². The van der Waals surface area contributed by atoms with Crippen LogP contribution in [0.25, 0.3) is 0 Å². The maximum atomic E-state index is 11.9. The molecule has 0 bridgehead atoms. The van der Waals surface area contributed by atoms with Gasteiger partial charge in [-0.2, -0.15) is 0 Å². The Balaban J connectivity index is 1.96. The molecule has 2 heterocycles. The van der Waals surface area contributed by atoms with E-state index in [1.165, 1.54) is 16.7 Å². The number of nitrogens with zero attached hydrogens (tertiary/aromatic N) is 1. The zero-order valence-corrected chi connectivity index (χ0v) is 12.6. The average molecular weight is 297 g/mol. The molecule has 0 radical (unpaired) electrons. The van der Waals surface area contributed by atoms with Crippen LogP contribution in [0.3, 0.4) is 0 Å². The number of ether oxygens (including phenoxy) is 1. The molecular formula is C14H19NO4S. The Morgan fingerprint density at radius 2 is 2.35 bits per heavy atom. The molecule has 1 aliphatic rings. The Hall–Kier alpha value is -1.43. The van der Waals surface area contributed by atoms with Crippen molar-refractivity contribution < 1.29 is 18.7 Å². The van der Waals surface area contributed by atoms with Crippen LogP contribution in [0.1, 0.15) is 36.7 Å². The van der Waals surface area contributed by atoms with E-state index in [2.05, 4.69) is 0 Å². The van der Waals surface area contributed by atoms with E-state index in [1.54, 1.807) is 0 Å². The predicted octanol–water partition coefficient (Wildman–Crippen LogP) is 2.51. The maximum absolute atomic E-state index is 11.9. The molecule has 0 aliphatic carbocycles. The molecule has 110 valence electrons. The fourth-order valence-electron chi connectivity index (χ4n) is 1.96.